The second-order valence-corrected chi connectivity index (χ2v) is 7.49. The Morgan fingerprint density at radius 3 is 2.43 bits per heavy atom. The number of H-pyrrole nitrogens is 2. The van der Waals surface area contributed by atoms with E-state index in [1.54, 1.807) is 19.9 Å². The van der Waals surface area contributed by atoms with Gasteiger partial charge in [-0.15, -0.1) is 0 Å². The standard InChI is InChI=1S/C15H23N2O5P/c1-5-21-23(19,22-6-2)12-7-8-20-14(12)13-11(9-10(3)4)16-15(18)17-13/h7-8,10H,5-6,9H2,1-4H3,(H2,16,17,18). The molecule has 0 aliphatic carbocycles. The maximum atomic E-state index is 13.0. The summed E-state index contributed by atoms with van der Waals surface area (Å²) in [5.74, 6) is 0.647. The van der Waals surface area contributed by atoms with Gasteiger partial charge in [-0.2, -0.15) is 0 Å². The van der Waals surface area contributed by atoms with Crippen LogP contribution in [-0.2, 0) is 20.0 Å². The maximum absolute atomic E-state index is 13.0. The zero-order valence-corrected chi connectivity index (χ0v) is 14.7. The molecule has 2 heterocycles. The second kappa shape index (κ2) is 7.34. The van der Waals surface area contributed by atoms with E-state index in [0.29, 0.717) is 34.8 Å². The lowest BCUT2D eigenvalue weighted by molar-refractivity contribution is 0.230. The van der Waals surface area contributed by atoms with Crippen LogP contribution in [0.3, 0.4) is 0 Å². The van der Waals surface area contributed by atoms with Gasteiger partial charge < -0.3 is 23.4 Å². The van der Waals surface area contributed by atoms with Crippen molar-refractivity contribution in [1.82, 2.24) is 9.97 Å². The Morgan fingerprint density at radius 1 is 1.22 bits per heavy atom. The van der Waals surface area contributed by atoms with E-state index in [-0.39, 0.29) is 18.9 Å². The van der Waals surface area contributed by atoms with E-state index in [9.17, 15) is 9.36 Å². The molecule has 0 amide bonds. The van der Waals surface area contributed by atoms with Gasteiger partial charge in [0.25, 0.3) is 0 Å². The van der Waals surface area contributed by atoms with Crippen LogP contribution in [0.5, 0.6) is 0 Å². The molecule has 23 heavy (non-hydrogen) atoms. The van der Waals surface area contributed by atoms with Gasteiger partial charge >= 0.3 is 13.3 Å². The van der Waals surface area contributed by atoms with Gasteiger partial charge in [-0.1, -0.05) is 13.8 Å². The second-order valence-electron chi connectivity index (χ2n) is 5.50. The largest absolute Gasteiger partial charge is 0.462 e. The minimum absolute atomic E-state index is 0.240. The molecule has 128 valence electrons. The van der Waals surface area contributed by atoms with E-state index in [2.05, 4.69) is 9.97 Å². The van der Waals surface area contributed by atoms with Crippen LogP contribution >= 0.6 is 7.60 Å². The van der Waals surface area contributed by atoms with Crippen molar-refractivity contribution in [2.75, 3.05) is 13.2 Å². The van der Waals surface area contributed by atoms with E-state index >= 15 is 0 Å². The molecule has 0 saturated heterocycles. The smallest absolute Gasteiger partial charge is 0.365 e. The first-order valence-electron chi connectivity index (χ1n) is 7.70. The zero-order valence-electron chi connectivity index (χ0n) is 13.8. The summed E-state index contributed by atoms with van der Waals surface area (Å²) in [6.45, 7) is 8.06. The fraction of sp³-hybridized carbons (Fsp3) is 0.533. The van der Waals surface area contributed by atoms with Gasteiger partial charge in [0.05, 0.1) is 19.5 Å². The summed E-state index contributed by atoms with van der Waals surface area (Å²) in [5.41, 5.74) is 0.865. The normalized spacial score (nSPS) is 12.2. The van der Waals surface area contributed by atoms with Crippen LogP contribution in [0, 0.1) is 5.92 Å². The summed E-state index contributed by atoms with van der Waals surface area (Å²) in [6.07, 6.45) is 2.07. The highest BCUT2D eigenvalue weighted by molar-refractivity contribution is 7.62. The Bertz CT molecular complexity index is 733. The first-order chi connectivity index (χ1) is 10.9. The molecule has 0 saturated carbocycles. The van der Waals surface area contributed by atoms with Crippen LogP contribution in [0.1, 0.15) is 33.4 Å². The van der Waals surface area contributed by atoms with Crippen molar-refractivity contribution in [1.29, 1.82) is 0 Å². The Morgan fingerprint density at radius 2 is 1.87 bits per heavy atom. The van der Waals surface area contributed by atoms with E-state index in [1.165, 1.54) is 6.26 Å². The fourth-order valence-electron chi connectivity index (χ4n) is 2.40. The topological polar surface area (TPSA) is 97.3 Å². The summed E-state index contributed by atoms with van der Waals surface area (Å²) in [7, 11) is -3.50. The van der Waals surface area contributed by atoms with Crippen LogP contribution in [-0.4, -0.2) is 23.2 Å². The molecular formula is C15H23N2O5P. The molecule has 0 aromatic carbocycles. The van der Waals surface area contributed by atoms with Gasteiger partial charge in [-0.3, -0.25) is 4.57 Å². The average Bonchev–Trinajstić information content (AvgIpc) is 3.05. The summed E-state index contributed by atoms with van der Waals surface area (Å²) in [5, 5.41) is 0.321. The van der Waals surface area contributed by atoms with E-state index in [1.807, 2.05) is 13.8 Å². The van der Waals surface area contributed by atoms with Crippen molar-refractivity contribution in [3.8, 4) is 11.5 Å². The minimum atomic E-state index is -3.50. The molecule has 0 radical (unpaired) electrons. The number of rotatable bonds is 8. The number of furan rings is 1. The molecule has 0 aliphatic heterocycles. The summed E-state index contributed by atoms with van der Waals surface area (Å²) in [6, 6.07) is 1.56. The predicted octanol–water partition coefficient (Wildman–Crippen LogP) is 3.05. The third kappa shape index (κ3) is 3.86. The molecule has 2 N–H and O–H groups in total. The van der Waals surface area contributed by atoms with Gasteiger partial charge in [0.2, 0.25) is 0 Å². The molecule has 0 spiro atoms. The predicted molar refractivity (Wildman–Crippen MR) is 88.1 cm³/mol. The third-order valence-corrected chi connectivity index (χ3v) is 5.32. The van der Waals surface area contributed by atoms with Crippen LogP contribution in [0.25, 0.3) is 11.5 Å². The highest BCUT2D eigenvalue weighted by Gasteiger charge is 2.33. The number of nitrogens with one attached hydrogen (secondary N) is 2. The molecule has 0 unspecified atom stereocenters. The Balaban J connectivity index is 2.53. The summed E-state index contributed by atoms with van der Waals surface area (Å²) >= 11 is 0. The molecular weight excluding hydrogens is 319 g/mol. The number of aromatic nitrogens is 2. The molecule has 0 bridgehead atoms. The Hall–Kier alpha value is -1.56. The van der Waals surface area contributed by atoms with Crippen molar-refractivity contribution in [2.45, 2.75) is 34.1 Å². The molecule has 0 atom stereocenters. The molecule has 2 aromatic heterocycles. The fourth-order valence-corrected chi connectivity index (χ4v) is 4.09. The Kier molecular flexibility index (Phi) is 5.68. The van der Waals surface area contributed by atoms with Crippen molar-refractivity contribution in [3.63, 3.8) is 0 Å². The SMILES string of the molecule is CCOP(=O)(OCC)c1ccoc1-c1[nH]c(=O)[nH]c1CC(C)C. The molecule has 2 rings (SSSR count). The van der Waals surface area contributed by atoms with Crippen LogP contribution in [0.4, 0.5) is 0 Å². The summed E-state index contributed by atoms with van der Waals surface area (Å²) in [4.78, 5) is 17.2. The van der Waals surface area contributed by atoms with E-state index in [0.717, 1.165) is 0 Å². The minimum Gasteiger partial charge on any atom is -0.462 e. The monoisotopic (exact) mass is 342 g/mol. The lowest BCUT2D eigenvalue weighted by Gasteiger charge is -2.16. The number of hydrogen-bond donors (Lipinski definition) is 2. The van der Waals surface area contributed by atoms with Gasteiger partial charge in [0.15, 0.2) is 5.76 Å². The van der Waals surface area contributed by atoms with Crippen molar-refractivity contribution < 1.29 is 18.0 Å². The van der Waals surface area contributed by atoms with Crippen molar-refractivity contribution in [3.05, 3.63) is 28.5 Å². The Labute approximate surface area is 134 Å². The van der Waals surface area contributed by atoms with E-state index in [4.69, 9.17) is 13.5 Å². The molecule has 7 nitrogen and oxygen atoms in total. The summed E-state index contributed by atoms with van der Waals surface area (Å²) < 4.78 is 29.3. The van der Waals surface area contributed by atoms with Crippen molar-refractivity contribution >= 4 is 12.9 Å². The molecule has 8 heteroatoms. The number of imidazole rings is 1. The van der Waals surface area contributed by atoms with Gasteiger partial charge in [0, 0.05) is 5.69 Å². The van der Waals surface area contributed by atoms with Gasteiger partial charge in [-0.25, -0.2) is 4.79 Å². The maximum Gasteiger partial charge on any atom is 0.365 e. The third-order valence-electron chi connectivity index (χ3n) is 3.18. The van der Waals surface area contributed by atoms with E-state index < -0.39 is 7.60 Å². The number of aromatic amines is 2. The quantitative estimate of drug-likeness (QED) is 0.719. The molecule has 0 fully saturated rings. The molecule has 0 aliphatic rings. The zero-order chi connectivity index (χ0) is 17.0. The van der Waals surface area contributed by atoms with Crippen LogP contribution in [0.2, 0.25) is 0 Å². The lowest BCUT2D eigenvalue weighted by atomic mass is 10.1. The lowest BCUT2D eigenvalue weighted by Crippen LogP contribution is -2.12. The average molecular weight is 342 g/mol. The first kappa shape index (κ1) is 17.8. The molecule has 2 aromatic rings. The van der Waals surface area contributed by atoms with Crippen molar-refractivity contribution in [2.24, 2.45) is 5.92 Å². The van der Waals surface area contributed by atoms with Gasteiger partial charge in [-0.05, 0) is 32.3 Å². The highest BCUT2D eigenvalue weighted by atomic mass is 31.2. The van der Waals surface area contributed by atoms with Crippen LogP contribution < -0.4 is 11.0 Å². The van der Waals surface area contributed by atoms with Crippen LogP contribution in [0.15, 0.2) is 21.5 Å². The highest BCUT2D eigenvalue weighted by Crippen LogP contribution is 2.49. The van der Waals surface area contributed by atoms with Gasteiger partial charge in [0.1, 0.15) is 11.0 Å². The number of hydrogen-bond acceptors (Lipinski definition) is 5. The first-order valence-corrected chi connectivity index (χ1v) is 9.24.